The zero-order valence-corrected chi connectivity index (χ0v) is 78.1. The molecule has 3 aromatic rings. The summed E-state index contributed by atoms with van der Waals surface area (Å²) >= 11 is 8.30. The summed E-state index contributed by atoms with van der Waals surface area (Å²) in [4.78, 5) is 307. The van der Waals surface area contributed by atoms with Crippen molar-refractivity contribution >= 4 is 155 Å². The molecule has 0 aliphatic carbocycles. The van der Waals surface area contributed by atoms with Crippen LogP contribution < -0.4 is 113 Å². The highest BCUT2D eigenvalue weighted by Gasteiger charge is 2.43. The van der Waals surface area contributed by atoms with Gasteiger partial charge in [0, 0.05) is 55.6 Å². The Morgan fingerprint density at radius 1 is 0.449 bits per heavy atom. The van der Waals surface area contributed by atoms with Gasteiger partial charge in [0.2, 0.25) is 124 Å². The number of aliphatic hydroxyl groups is 3. The van der Waals surface area contributed by atoms with Gasteiger partial charge in [-0.25, -0.2) is 9.78 Å². The number of nitrogens with one attached hydrogen (secondary N) is 18. The lowest BCUT2D eigenvalue weighted by Gasteiger charge is -2.31. The number of carboxylic acids is 1. The number of H-pyrrole nitrogens is 1. The Hall–Kier alpha value is -13.5. The number of carboxylic acid groups (broad SMARTS) is 1. The third-order valence-electron chi connectivity index (χ3n) is 21.2. The number of nitrogens with two attached hydrogens (primary N) is 4. The molecule has 2 heterocycles. The summed E-state index contributed by atoms with van der Waals surface area (Å²) in [5.41, 5.74) is 23.3. The van der Waals surface area contributed by atoms with E-state index in [9.17, 15) is 116 Å². The van der Waals surface area contributed by atoms with Crippen LogP contribution in [0.1, 0.15) is 124 Å². The Labute approximate surface area is 793 Å². The highest BCUT2D eigenvalue weighted by atomic mass is 32.1. The van der Waals surface area contributed by atoms with Crippen LogP contribution >= 0.6 is 25.3 Å². The summed E-state index contributed by atoms with van der Waals surface area (Å²) in [7, 11) is 0. The SMILES string of the molecule is CC[C@H](C)[C@H](NC(=O)CNC(=O)[C@H](CS)NC(=O)[C@@H](N)CO)C(=O)N[C@@H](CC(C)C)C(=O)N[C@@H](CS)C(=O)N[C@@H](CO)C(=O)N[C@@H](C)C(=O)N[C@@H](Cc1ccccc1)C(=O)N1CCC[C@H]1C(=O)N[C@@H](Cc1ccccc1)C(=O)N[C@@H](CC(N)=O)C(=O)N[C@@H](CC(N)=O)C(=O)N[C@@H](Cc1cnc[nH]1)C(=O)N[C@@H](CCC(N)=O)C(=O)N[C@H](C(=O)NCC(=O)N[C@@H](C)C(=O)N[C@@H](CO)C(=O)O)C(C)C. The molecule has 18 atom stereocenters. The highest BCUT2D eigenvalue weighted by molar-refractivity contribution is 7.80. The van der Waals surface area contributed by atoms with Gasteiger partial charge in [-0.3, -0.25) is 101 Å². The third kappa shape index (κ3) is 38.9. The molecule has 21 amide bonds. The first-order chi connectivity index (χ1) is 64.2. The number of aliphatic hydroxyl groups excluding tert-OH is 3. The van der Waals surface area contributed by atoms with Crippen molar-refractivity contribution in [2.45, 2.75) is 229 Å². The zero-order valence-electron chi connectivity index (χ0n) is 76.3. The van der Waals surface area contributed by atoms with Crippen molar-refractivity contribution in [3.05, 3.63) is 90.0 Å². The summed E-state index contributed by atoms with van der Waals surface area (Å²) in [6.45, 7) is 7.84. The number of rotatable bonds is 59. The van der Waals surface area contributed by atoms with Crippen LogP contribution in [0.25, 0.3) is 0 Å². The van der Waals surface area contributed by atoms with Crippen LogP contribution in [-0.4, -0.2) is 319 Å². The topological polar surface area (TPSA) is 797 Å². The van der Waals surface area contributed by atoms with E-state index in [1.54, 1.807) is 88.4 Å². The standard InChI is InChI=1S/C84H126N24O26S2/c1-9-42(6)67(106-65(116)33-90-71(120)58(37-135)104-70(119)48(85)34-109)82(131)100-50(25-40(2)3)73(122)105-59(38-136)79(128)102-56(35-110)78(127)94-44(8)69(118)101-55(27-46-19-14-11-15-20-46)83(132)108-24-16-21-60(108)80(129)99-51(26-45-17-12-10-13-18-45)74(123)97-54(30-63(88)114)77(126)98-53(29-62(87)113)76(125)96-52(28-47-31-89-39-92-47)75(124)95-49(22-23-61(86)112)72(121)107-66(41(4)5)81(130)91-32-64(115)93-43(7)68(117)103-57(36-111)84(133)134/h10-15,17-20,31,39-44,48-60,66-67,109-111,135-136H,9,16,21-30,32-38,85H2,1-8H3,(H2,86,112)(H2,87,113)(H2,88,114)(H,89,92)(H,90,120)(H,91,130)(H,93,115)(H,94,127)(H,95,124)(H,96,125)(H,97,123)(H,98,126)(H,99,129)(H,100,131)(H,101,118)(H,102,128)(H,103,117)(H,104,119)(H,105,122)(H,106,116)(H,107,121)(H,133,134)/t42-,43-,44-,48-,49-,50-,51-,52-,53-,54-,55-,56-,57-,58-,59-,60-,66-,67-/m0/s1. The normalized spacial score (nSPS) is 16.0. The van der Waals surface area contributed by atoms with Crippen LogP contribution in [0.2, 0.25) is 0 Å². The van der Waals surface area contributed by atoms with Crippen molar-refractivity contribution in [2.75, 3.05) is 51.0 Å². The maximum atomic E-state index is 15.1. The molecule has 0 spiro atoms. The van der Waals surface area contributed by atoms with E-state index in [-0.39, 0.29) is 56.0 Å². The Bertz CT molecular complexity index is 4660. The fraction of sp³-hybridized carbons (Fsp3) is 0.560. The minimum atomic E-state index is -2.07. The number of hydrogen-bond donors (Lipinski definition) is 28. The Morgan fingerprint density at radius 3 is 1.38 bits per heavy atom. The molecule has 30 N–H and O–H groups in total. The second-order valence-corrected chi connectivity index (χ2v) is 33.7. The summed E-state index contributed by atoms with van der Waals surface area (Å²) < 4.78 is 0. The Balaban J connectivity index is 1.54. The van der Waals surface area contributed by atoms with Gasteiger partial charge in [-0.1, -0.05) is 109 Å². The van der Waals surface area contributed by atoms with Crippen molar-refractivity contribution in [1.82, 2.24) is 105 Å². The van der Waals surface area contributed by atoms with Crippen molar-refractivity contribution in [2.24, 2.45) is 40.7 Å². The highest BCUT2D eigenvalue weighted by Crippen LogP contribution is 2.22. The molecule has 52 heteroatoms. The van der Waals surface area contributed by atoms with Gasteiger partial charge in [0.05, 0.1) is 52.1 Å². The number of hydrogen-bond acceptors (Lipinski definition) is 29. The van der Waals surface area contributed by atoms with Crippen LogP contribution in [0.15, 0.2) is 73.2 Å². The first-order valence-electron chi connectivity index (χ1n) is 43.5. The van der Waals surface area contributed by atoms with Gasteiger partial charge in [-0.15, -0.1) is 0 Å². The van der Waals surface area contributed by atoms with E-state index < -0.39 is 315 Å². The van der Waals surface area contributed by atoms with Gasteiger partial charge in [-0.05, 0) is 68.4 Å². The van der Waals surface area contributed by atoms with Crippen LogP contribution in [0.5, 0.6) is 0 Å². The quantitative estimate of drug-likeness (QED) is 0.0233. The molecule has 2 aromatic carbocycles. The van der Waals surface area contributed by atoms with Gasteiger partial charge in [0.15, 0.2) is 0 Å². The number of nitrogens with zero attached hydrogens (tertiary/aromatic N) is 2. The van der Waals surface area contributed by atoms with E-state index in [4.69, 9.17) is 28.0 Å². The number of aromatic amines is 1. The molecule has 136 heavy (non-hydrogen) atoms. The maximum Gasteiger partial charge on any atom is 0.328 e. The van der Waals surface area contributed by atoms with Crippen LogP contribution in [0.4, 0.5) is 0 Å². The van der Waals surface area contributed by atoms with Gasteiger partial charge >= 0.3 is 5.97 Å². The zero-order chi connectivity index (χ0) is 102. The first kappa shape index (κ1) is 115. The largest absolute Gasteiger partial charge is 0.480 e. The van der Waals surface area contributed by atoms with E-state index in [0.717, 1.165) is 4.90 Å². The molecule has 1 aromatic heterocycles. The minimum absolute atomic E-state index is 0.0177. The predicted molar refractivity (Wildman–Crippen MR) is 488 cm³/mol. The lowest BCUT2D eigenvalue weighted by Crippen LogP contribution is -2.62. The van der Waals surface area contributed by atoms with Gasteiger partial charge in [-0.2, -0.15) is 25.3 Å². The molecule has 0 radical (unpaired) electrons. The average Bonchev–Trinajstić information content (AvgIpc) is 1.57. The van der Waals surface area contributed by atoms with Gasteiger partial charge in [0.1, 0.15) is 103 Å². The van der Waals surface area contributed by atoms with Crippen LogP contribution in [-0.2, 0) is 125 Å². The van der Waals surface area contributed by atoms with Crippen molar-refractivity contribution in [3.8, 4) is 0 Å². The lowest BCUT2D eigenvalue weighted by molar-refractivity contribution is -0.143. The molecular weight excluding hydrogens is 1830 g/mol. The Morgan fingerprint density at radius 2 is 0.882 bits per heavy atom. The fourth-order valence-corrected chi connectivity index (χ4v) is 13.9. The number of amides is 21. The number of thiol groups is 2. The number of carbonyl (C=O) groups is 22. The van der Waals surface area contributed by atoms with E-state index >= 15 is 4.79 Å². The minimum Gasteiger partial charge on any atom is -0.480 e. The second-order valence-electron chi connectivity index (χ2n) is 33.0. The number of carbonyl (C=O) groups excluding carboxylic acids is 21. The monoisotopic (exact) mass is 1950 g/mol. The summed E-state index contributed by atoms with van der Waals surface area (Å²) in [5.74, 6) is -25.6. The molecular formula is C84H126N24O26S2. The molecule has 1 fully saturated rings. The predicted octanol–water partition coefficient (Wildman–Crippen LogP) is -11.0. The fourth-order valence-electron chi connectivity index (χ4n) is 13.4. The molecule has 1 saturated heterocycles. The van der Waals surface area contributed by atoms with Crippen LogP contribution in [0, 0.1) is 17.8 Å². The molecule has 4 rings (SSSR count). The Kier molecular flexibility index (Phi) is 48.9. The van der Waals surface area contributed by atoms with E-state index in [1.807, 2.05) is 5.32 Å². The molecule has 1 aliphatic rings. The van der Waals surface area contributed by atoms with Crippen molar-refractivity contribution in [3.63, 3.8) is 0 Å². The number of aromatic nitrogens is 2. The molecule has 0 bridgehead atoms. The summed E-state index contributed by atoms with van der Waals surface area (Å²) in [6, 6.07) is -10.8. The second kappa shape index (κ2) is 58.0. The van der Waals surface area contributed by atoms with E-state index in [1.165, 1.54) is 40.2 Å². The number of likely N-dealkylation sites (tertiary alicyclic amines) is 1. The smallest absolute Gasteiger partial charge is 0.328 e. The van der Waals surface area contributed by atoms with Crippen LogP contribution in [0.3, 0.4) is 0 Å². The first-order valence-corrected chi connectivity index (χ1v) is 44.8. The summed E-state index contributed by atoms with van der Waals surface area (Å²) in [6.07, 6.45) is -1.34. The number of aliphatic carboxylic acids is 1. The van der Waals surface area contributed by atoms with Crippen molar-refractivity contribution in [1.29, 1.82) is 0 Å². The number of benzene rings is 2. The van der Waals surface area contributed by atoms with E-state index in [2.05, 4.69) is 120 Å². The average molecular weight is 1950 g/mol. The van der Waals surface area contributed by atoms with E-state index in [0.29, 0.717) is 17.5 Å². The molecule has 0 saturated carbocycles. The maximum absolute atomic E-state index is 15.1. The number of primary amides is 3. The molecule has 50 nitrogen and oxygen atoms in total. The third-order valence-corrected chi connectivity index (χ3v) is 21.9. The molecule has 750 valence electrons. The number of imidazole rings is 1. The van der Waals surface area contributed by atoms with Gasteiger partial charge < -0.3 is 144 Å². The lowest BCUT2D eigenvalue weighted by atomic mass is 9.96. The molecule has 1 aliphatic heterocycles. The van der Waals surface area contributed by atoms with Crippen molar-refractivity contribution < 1.29 is 126 Å². The van der Waals surface area contributed by atoms with Gasteiger partial charge in [0.25, 0.3) is 0 Å². The summed E-state index contributed by atoms with van der Waals surface area (Å²) in [5, 5.41) is 78.8. The molecule has 0 unspecified atom stereocenters.